The van der Waals surface area contributed by atoms with Gasteiger partial charge in [0.15, 0.2) is 0 Å². The van der Waals surface area contributed by atoms with E-state index in [2.05, 4.69) is 6.07 Å². The second-order valence-corrected chi connectivity index (χ2v) is 9.12. The number of rotatable bonds is 8. The number of anilines is 1. The third kappa shape index (κ3) is 4.99. The van der Waals surface area contributed by atoms with Crippen molar-refractivity contribution in [3.05, 3.63) is 53.1 Å². The Balaban J connectivity index is 2.53. The summed E-state index contributed by atoms with van der Waals surface area (Å²) in [5.74, 6) is 0.312. The standard InChI is InChI=1S/C22H27N3O4S/c1-6-29-20-10-8-19(9-11-20)25(13-7-12-23)22(26)18-14-16(2)17(3)21(15-18)30(27,28)24(4)5/h8-11,14-15H,6-7,13H2,1-5H3. The first-order valence-corrected chi connectivity index (χ1v) is 11.0. The topological polar surface area (TPSA) is 90.7 Å². The highest BCUT2D eigenvalue weighted by atomic mass is 32.2. The van der Waals surface area contributed by atoms with Gasteiger partial charge in [-0.3, -0.25) is 4.79 Å². The summed E-state index contributed by atoms with van der Waals surface area (Å²) in [5, 5.41) is 9.03. The van der Waals surface area contributed by atoms with Crippen molar-refractivity contribution in [3.8, 4) is 11.8 Å². The van der Waals surface area contributed by atoms with E-state index in [1.165, 1.54) is 25.1 Å². The summed E-state index contributed by atoms with van der Waals surface area (Å²) < 4.78 is 32.0. The van der Waals surface area contributed by atoms with Gasteiger partial charge in [-0.2, -0.15) is 5.26 Å². The number of nitriles is 1. The predicted octanol–water partition coefficient (Wildman–Crippen LogP) is 3.51. The van der Waals surface area contributed by atoms with Crippen LogP contribution in [-0.2, 0) is 10.0 Å². The molecule has 0 saturated carbocycles. The molecule has 0 spiro atoms. The smallest absolute Gasteiger partial charge is 0.258 e. The highest BCUT2D eigenvalue weighted by molar-refractivity contribution is 7.89. The largest absolute Gasteiger partial charge is 0.494 e. The van der Waals surface area contributed by atoms with E-state index in [9.17, 15) is 13.2 Å². The molecule has 0 heterocycles. The van der Waals surface area contributed by atoms with Gasteiger partial charge in [0.2, 0.25) is 10.0 Å². The molecule has 0 saturated heterocycles. The molecule has 0 unspecified atom stereocenters. The number of sulfonamides is 1. The maximum Gasteiger partial charge on any atom is 0.258 e. The van der Waals surface area contributed by atoms with Crippen LogP contribution in [0.3, 0.4) is 0 Å². The lowest BCUT2D eigenvalue weighted by Crippen LogP contribution is -2.32. The third-order valence-electron chi connectivity index (χ3n) is 4.78. The molecule has 1 amide bonds. The number of carbonyl (C=O) groups excluding carboxylic acids is 1. The monoisotopic (exact) mass is 429 g/mol. The van der Waals surface area contributed by atoms with Crippen LogP contribution in [0.15, 0.2) is 41.3 Å². The Morgan fingerprint density at radius 1 is 1.13 bits per heavy atom. The minimum Gasteiger partial charge on any atom is -0.494 e. The molecule has 2 rings (SSSR count). The minimum absolute atomic E-state index is 0.0998. The second-order valence-electron chi connectivity index (χ2n) is 7.00. The molecule has 8 heteroatoms. The predicted molar refractivity (Wildman–Crippen MR) is 116 cm³/mol. The molecule has 0 aliphatic heterocycles. The number of hydrogen-bond acceptors (Lipinski definition) is 5. The number of amides is 1. The Morgan fingerprint density at radius 2 is 1.77 bits per heavy atom. The molecule has 0 radical (unpaired) electrons. The van der Waals surface area contributed by atoms with Gasteiger partial charge in [0.05, 0.1) is 24.0 Å². The summed E-state index contributed by atoms with van der Waals surface area (Å²) in [6, 6.07) is 12.2. The van der Waals surface area contributed by atoms with Crippen molar-refractivity contribution in [1.82, 2.24) is 4.31 Å². The number of aryl methyl sites for hydroxylation is 1. The van der Waals surface area contributed by atoms with Crippen LogP contribution >= 0.6 is 0 Å². The zero-order valence-corrected chi connectivity index (χ0v) is 18.8. The molecular formula is C22H27N3O4S. The van der Waals surface area contributed by atoms with Gasteiger partial charge >= 0.3 is 0 Å². The van der Waals surface area contributed by atoms with Crippen molar-refractivity contribution in [3.63, 3.8) is 0 Å². The van der Waals surface area contributed by atoms with E-state index >= 15 is 0 Å². The first kappa shape index (κ1) is 23.4. The van der Waals surface area contributed by atoms with E-state index in [1.54, 1.807) is 44.2 Å². The van der Waals surface area contributed by atoms with E-state index in [0.29, 0.717) is 29.2 Å². The molecule has 30 heavy (non-hydrogen) atoms. The maximum atomic E-state index is 13.4. The second kappa shape index (κ2) is 9.74. The first-order chi connectivity index (χ1) is 14.1. The van der Waals surface area contributed by atoms with Crippen LogP contribution in [0.5, 0.6) is 5.75 Å². The summed E-state index contributed by atoms with van der Waals surface area (Å²) in [4.78, 5) is 14.9. The normalized spacial score (nSPS) is 11.2. The summed E-state index contributed by atoms with van der Waals surface area (Å²) in [5.41, 5.74) is 2.16. The van der Waals surface area contributed by atoms with Crippen molar-refractivity contribution < 1.29 is 17.9 Å². The Hall–Kier alpha value is -2.89. The molecule has 0 aromatic heterocycles. The maximum absolute atomic E-state index is 13.4. The van der Waals surface area contributed by atoms with Crippen molar-refractivity contribution in [2.24, 2.45) is 0 Å². The van der Waals surface area contributed by atoms with Gasteiger partial charge in [-0.1, -0.05) is 0 Å². The Kier molecular flexibility index (Phi) is 7.59. The van der Waals surface area contributed by atoms with Crippen LogP contribution in [0.2, 0.25) is 0 Å². The molecule has 0 atom stereocenters. The number of ether oxygens (including phenoxy) is 1. The quantitative estimate of drug-likeness (QED) is 0.640. The van der Waals surface area contributed by atoms with Gasteiger partial charge in [0.25, 0.3) is 5.91 Å². The van der Waals surface area contributed by atoms with Gasteiger partial charge in [0, 0.05) is 31.9 Å². The van der Waals surface area contributed by atoms with Crippen LogP contribution in [-0.4, -0.2) is 45.9 Å². The van der Waals surface area contributed by atoms with E-state index in [-0.39, 0.29) is 29.3 Å². The van der Waals surface area contributed by atoms with Gasteiger partial charge in [0.1, 0.15) is 5.75 Å². The molecule has 0 N–H and O–H groups in total. The molecule has 160 valence electrons. The summed E-state index contributed by atoms with van der Waals surface area (Å²) in [6.07, 6.45) is 0.145. The lowest BCUT2D eigenvalue weighted by atomic mass is 10.0. The zero-order chi connectivity index (χ0) is 22.5. The molecule has 0 bridgehead atoms. The molecule has 7 nitrogen and oxygen atoms in total. The Bertz CT molecular complexity index is 1060. The van der Waals surface area contributed by atoms with E-state index < -0.39 is 10.0 Å². The number of nitrogens with zero attached hydrogens (tertiary/aromatic N) is 3. The van der Waals surface area contributed by atoms with Gasteiger partial charge in [-0.15, -0.1) is 0 Å². The fraction of sp³-hybridized carbons (Fsp3) is 0.364. The minimum atomic E-state index is -3.71. The fourth-order valence-corrected chi connectivity index (χ4v) is 4.19. The van der Waals surface area contributed by atoms with Crippen LogP contribution in [0, 0.1) is 25.2 Å². The Morgan fingerprint density at radius 3 is 2.30 bits per heavy atom. The van der Waals surface area contributed by atoms with Crippen LogP contribution in [0.25, 0.3) is 0 Å². The highest BCUT2D eigenvalue weighted by Gasteiger charge is 2.25. The van der Waals surface area contributed by atoms with E-state index in [4.69, 9.17) is 10.00 Å². The number of carbonyl (C=O) groups is 1. The summed E-state index contributed by atoms with van der Waals surface area (Å²) in [6.45, 7) is 6.10. The van der Waals surface area contributed by atoms with Crippen LogP contribution < -0.4 is 9.64 Å². The molecule has 0 fully saturated rings. The molecule has 0 aliphatic rings. The lowest BCUT2D eigenvalue weighted by molar-refractivity contribution is 0.0987. The molecular weight excluding hydrogens is 402 g/mol. The SMILES string of the molecule is CCOc1ccc(N(CCC#N)C(=O)c2cc(C)c(C)c(S(=O)(=O)N(C)C)c2)cc1. The van der Waals surface area contributed by atoms with Crippen molar-refractivity contribution in [1.29, 1.82) is 5.26 Å². The van der Waals surface area contributed by atoms with Gasteiger partial charge < -0.3 is 9.64 Å². The van der Waals surface area contributed by atoms with E-state index in [0.717, 1.165) is 4.31 Å². The highest BCUT2D eigenvalue weighted by Crippen LogP contribution is 2.26. The van der Waals surface area contributed by atoms with E-state index in [1.807, 2.05) is 6.92 Å². The molecule has 0 aliphatic carbocycles. The molecule has 2 aromatic rings. The summed E-state index contributed by atoms with van der Waals surface area (Å²) >= 11 is 0. The van der Waals surface area contributed by atoms with Crippen molar-refractivity contribution in [2.75, 3.05) is 32.1 Å². The first-order valence-electron chi connectivity index (χ1n) is 9.59. The van der Waals surface area contributed by atoms with Gasteiger partial charge in [-0.25, -0.2) is 12.7 Å². The van der Waals surface area contributed by atoms with Crippen molar-refractivity contribution >= 4 is 21.6 Å². The average Bonchev–Trinajstić information content (AvgIpc) is 2.71. The fourth-order valence-electron chi connectivity index (χ4n) is 2.97. The lowest BCUT2D eigenvalue weighted by Gasteiger charge is -2.23. The number of hydrogen-bond donors (Lipinski definition) is 0. The van der Waals surface area contributed by atoms with Crippen LogP contribution in [0.4, 0.5) is 5.69 Å². The van der Waals surface area contributed by atoms with Gasteiger partial charge in [-0.05, 0) is 68.3 Å². The summed E-state index contributed by atoms with van der Waals surface area (Å²) in [7, 11) is -0.799. The van der Waals surface area contributed by atoms with Crippen LogP contribution in [0.1, 0.15) is 34.8 Å². The third-order valence-corrected chi connectivity index (χ3v) is 6.72. The Labute approximate surface area is 178 Å². The average molecular weight is 430 g/mol. The number of benzene rings is 2. The van der Waals surface area contributed by atoms with Crippen molar-refractivity contribution in [2.45, 2.75) is 32.1 Å². The molecule has 2 aromatic carbocycles. The zero-order valence-electron chi connectivity index (χ0n) is 18.0.